The summed E-state index contributed by atoms with van der Waals surface area (Å²) in [6.07, 6.45) is 6.76. The maximum Gasteiger partial charge on any atom is 0.290 e. The number of nitrogens with zero attached hydrogens (tertiary/aromatic N) is 5. The van der Waals surface area contributed by atoms with Gasteiger partial charge < -0.3 is 5.32 Å². The Bertz CT molecular complexity index is 1070. The monoisotopic (exact) mass is 447 g/mol. The van der Waals surface area contributed by atoms with Gasteiger partial charge in [-0.2, -0.15) is 0 Å². The van der Waals surface area contributed by atoms with Crippen LogP contribution in [0.25, 0.3) is 6.08 Å². The standard InChI is InChI=1S/C22H21N7O2S/c30-20-19(32-22(31)28-20)13-16-7-10-25-21(27-16)26-11-12-29(14-17-5-1-3-8-23-17)15-18-6-2-4-9-24-18/h1-10,13H,11-12,14-15H2,(H,25,26,27)(H,28,30,31)/b19-13-. The number of aromatic nitrogens is 4. The molecule has 1 fully saturated rings. The van der Waals surface area contributed by atoms with Gasteiger partial charge in [-0.15, -0.1) is 0 Å². The number of pyridine rings is 2. The summed E-state index contributed by atoms with van der Waals surface area (Å²) in [6, 6.07) is 13.4. The van der Waals surface area contributed by atoms with Crippen molar-refractivity contribution in [3.63, 3.8) is 0 Å². The van der Waals surface area contributed by atoms with E-state index in [1.165, 1.54) is 0 Å². The van der Waals surface area contributed by atoms with Crippen molar-refractivity contribution in [1.82, 2.24) is 30.2 Å². The molecule has 4 heterocycles. The highest BCUT2D eigenvalue weighted by Crippen LogP contribution is 2.25. The third-order valence-electron chi connectivity index (χ3n) is 4.53. The van der Waals surface area contributed by atoms with E-state index in [2.05, 4.69) is 35.5 Å². The number of imide groups is 1. The van der Waals surface area contributed by atoms with Crippen molar-refractivity contribution in [1.29, 1.82) is 0 Å². The van der Waals surface area contributed by atoms with Crippen LogP contribution in [0.4, 0.5) is 10.7 Å². The second-order valence-corrected chi connectivity index (χ2v) is 7.95. The van der Waals surface area contributed by atoms with Crippen LogP contribution in [0.5, 0.6) is 0 Å². The van der Waals surface area contributed by atoms with E-state index in [0.717, 1.165) is 23.1 Å². The van der Waals surface area contributed by atoms with E-state index in [1.54, 1.807) is 30.7 Å². The van der Waals surface area contributed by atoms with Gasteiger partial charge in [0.1, 0.15) is 0 Å². The van der Waals surface area contributed by atoms with Crippen molar-refractivity contribution in [2.24, 2.45) is 0 Å². The molecule has 0 aromatic carbocycles. The van der Waals surface area contributed by atoms with Gasteiger partial charge in [0.05, 0.1) is 22.0 Å². The summed E-state index contributed by atoms with van der Waals surface area (Å²) < 4.78 is 0. The molecule has 2 amide bonds. The molecule has 1 aliphatic rings. The highest BCUT2D eigenvalue weighted by molar-refractivity contribution is 8.18. The molecule has 0 aliphatic carbocycles. The first kappa shape index (κ1) is 21.6. The van der Waals surface area contributed by atoms with Crippen LogP contribution in [-0.4, -0.2) is 49.1 Å². The number of thioether (sulfide) groups is 1. The van der Waals surface area contributed by atoms with Crippen molar-refractivity contribution in [2.75, 3.05) is 18.4 Å². The number of carbonyl (C=O) groups is 2. The lowest BCUT2D eigenvalue weighted by molar-refractivity contribution is -0.115. The molecule has 0 atom stereocenters. The number of hydrogen-bond donors (Lipinski definition) is 2. The Labute approximate surface area is 189 Å². The summed E-state index contributed by atoms with van der Waals surface area (Å²) in [5, 5.41) is 5.07. The van der Waals surface area contributed by atoms with Crippen LogP contribution >= 0.6 is 11.8 Å². The summed E-state index contributed by atoms with van der Waals surface area (Å²) in [4.78, 5) is 43.1. The predicted molar refractivity (Wildman–Crippen MR) is 122 cm³/mol. The van der Waals surface area contributed by atoms with Gasteiger partial charge in [0, 0.05) is 44.8 Å². The number of carbonyl (C=O) groups excluding carboxylic acids is 2. The summed E-state index contributed by atoms with van der Waals surface area (Å²) >= 11 is 0.860. The average molecular weight is 448 g/mol. The summed E-state index contributed by atoms with van der Waals surface area (Å²) in [5.74, 6) is 0.0394. The van der Waals surface area contributed by atoms with Gasteiger partial charge in [-0.05, 0) is 48.2 Å². The van der Waals surface area contributed by atoms with E-state index in [9.17, 15) is 9.59 Å². The predicted octanol–water partition coefficient (Wildman–Crippen LogP) is 2.70. The minimum absolute atomic E-state index is 0.316. The summed E-state index contributed by atoms with van der Waals surface area (Å²) in [5.41, 5.74) is 2.51. The molecule has 162 valence electrons. The molecule has 0 saturated carbocycles. The topological polar surface area (TPSA) is 113 Å². The lowest BCUT2D eigenvalue weighted by Gasteiger charge is -2.21. The van der Waals surface area contributed by atoms with Crippen LogP contribution in [0.2, 0.25) is 0 Å². The second-order valence-electron chi connectivity index (χ2n) is 6.94. The zero-order chi connectivity index (χ0) is 22.2. The van der Waals surface area contributed by atoms with E-state index < -0.39 is 5.91 Å². The third-order valence-corrected chi connectivity index (χ3v) is 5.34. The van der Waals surface area contributed by atoms with Gasteiger partial charge >= 0.3 is 0 Å². The van der Waals surface area contributed by atoms with Crippen LogP contribution in [-0.2, 0) is 17.9 Å². The Kier molecular flexibility index (Phi) is 7.15. The SMILES string of the molecule is O=C1NC(=O)/C(=C/c2ccnc(NCCN(Cc3ccccn3)Cc3ccccn3)n2)S1. The van der Waals surface area contributed by atoms with Gasteiger partial charge in [-0.1, -0.05) is 12.1 Å². The number of nitrogens with one attached hydrogen (secondary N) is 2. The van der Waals surface area contributed by atoms with Gasteiger partial charge in [0.25, 0.3) is 11.1 Å². The Hall–Kier alpha value is -3.63. The average Bonchev–Trinajstić information content (AvgIpc) is 3.12. The second kappa shape index (κ2) is 10.6. The van der Waals surface area contributed by atoms with E-state index in [0.29, 0.717) is 42.7 Å². The molecule has 0 spiro atoms. The zero-order valence-corrected chi connectivity index (χ0v) is 18.0. The molecule has 2 N–H and O–H groups in total. The van der Waals surface area contributed by atoms with Crippen LogP contribution in [0, 0.1) is 0 Å². The molecular formula is C22H21N7O2S. The van der Waals surface area contributed by atoms with Gasteiger partial charge in [0.15, 0.2) is 0 Å². The van der Waals surface area contributed by atoms with E-state index >= 15 is 0 Å². The fraction of sp³-hybridized carbons (Fsp3) is 0.182. The summed E-state index contributed by atoms with van der Waals surface area (Å²) in [6.45, 7) is 2.70. The molecule has 0 radical (unpaired) electrons. The van der Waals surface area contributed by atoms with E-state index in [1.807, 2.05) is 36.4 Å². The first-order chi connectivity index (χ1) is 15.7. The minimum atomic E-state index is -0.409. The van der Waals surface area contributed by atoms with E-state index in [-0.39, 0.29) is 5.24 Å². The van der Waals surface area contributed by atoms with Crippen LogP contribution < -0.4 is 10.6 Å². The van der Waals surface area contributed by atoms with Gasteiger partial charge in [-0.3, -0.25) is 29.8 Å². The molecular weight excluding hydrogens is 426 g/mol. The Morgan fingerprint density at radius 3 is 2.25 bits per heavy atom. The molecule has 9 nitrogen and oxygen atoms in total. The quantitative estimate of drug-likeness (QED) is 0.478. The lowest BCUT2D eigenvalue weighted by Crippen LogP contribution is -2.29. The molecule has 1 aliphatic heterocycles. The fourth-order valence-electron chi connectivity index (χ4n) is 3.07. The Morgan fingerprint density at radius 2 is 1.66 bits per heavy atom. The lowest BCUT2D eigenvalue weighted by atomic mass is 10.3. The number of rotatable bonds is 9. The molecule has 32 heavy (non-hydrogen) atoms. The molecule has 0 bridgehead atoms. The minimum Gasteiger partial charge on any atom is -0.353 e. The number of anilines is 1. The maximum atomic E-state index is 11.7. The zero-order valence-electron chi connectivity index (χ0n) is 17.1. The molecule has 4 rings (SSSR count). The molecule has 3 aromatic heterocycles. The first-order valence-electron chi connectivity index (χ1n) is 10.00. The van der Waals surface area contributed by atoms with Crippen molar-refractivity contribution in [3.05, 3.63) is 83.0 Å². The fourth-order valence-corrected chi connectivity index (χ4v) is 3.74. The third kappa shape index (κ3) is 6.19. The van der Waals surface area contributed by atoms with Gasteiger partial charge in [-0.25, -0.2) is 9.97 Å². The first-order valence-corrected chi connectivity index (χ1v) is 10.8. The highest BCUT2D eigenvalue weighted by Gasteiger charge is 2.25. The highest BCUT2D eigenvalue weighted by atomic mass is 32.2. The van der Waals surface area contributed by atoms with Gasteiger partial charge in [0.2, 0.25) is 5.95 Å². The van der Waals surface area contributed by atoms with Crippen molar-refractivity contribution >= 4 is 34.9 Å². The smallest absolute Gasteiger partial charge is 0.290 e. The molecule has 0 unspecified atom stereocenters. The van der Waals surface area contributed by atoms with Crippen LogP contribution in [0.3, 0.4) is 0 Å². The van der Waals surface area contributed by atoms with E-state index in [4.69, 9.17) is 0 Å². The maximum absolute atomic E-state index is 11.7. The van der Waals surface area contributed by atoms with Crippen molar-refractivity contribution in [3.8, 4) is 0 Å². The van der Waals surface area contributed by atoms with Crippen molar-refractivity contribution < 1.29 is 9.59 Å². The Balaban J connectivity index is 1.38. The molecule has 1 saturated heterocycles. The van der Waals surface area contributed by atoms with Crippen molar-refractivity contribution in [2.45, 2.75) is 13.1 Å². The Morgan fingerprint density at radius 1 is 0.938 bits per heavy atom. The summed E-state index contributed by atoms with van der Waals surface area (Å²) in [7, 11) is 0. The normalized spacial score (nSPS) is 14.7. The molecule has 3 aromatic rings. The largest absolute Gasteiger partial charge is 0.353 e. The van der Waals surface area contributed by atoms with Crippen LogP contribution in [0.15, 0.2) is 66.0 Å². The van der Waals surface area contributed by atoms with Crippen LogP contribution in [0.1, 0.15) is 17.1 Å². The number of hydrogen-bond acceptors (Lipinski definition) is 9. The number of amides is 2. The molecule has 10 heteroatoms.